The SMILES string of the molecule is CCn1c(SCC(=O)c2ccccc2)nnc1[C@H](C)Oc1ccccc1. The van der Waals surface area contributed by atoms with Gasteiger partial charge in [0.1, 0.15) is 5.75 Å². The second-order valence-electron chi connectivity index (χ2n) is 5.74. The Morgan fingerprint density at radius 1 is 1.08 bits per heavy atom. The van der Waals surface area contributed by atoms with Gasteiger partial charge >= 0.3 is 0 Å². The summed E-state index contributed by atoms with van der Waals surface area (Å²) in [7, 11) is 0. The molecule has 0 unspecified atom stereocenters. The summed E-state index contributed by atoms with van der Waals surface area (Å²) >= 11 is 1.40. The van der Waals surface area contributed by atoms with Crippen molar-refractivity contribution >= 4 is 17.5 Å². The Hall–Kier alpha value is -2.60. The van der Waals surface area contributed by atoms with Crippen LogP contribution < -0.4 is 4.74 Å². The van der Waals surface area contributed by atoms with Crippen molar-refractivity contribution in [3.8, 4) is 5.75 Å². The summed E-state index contributed by atoms with van der Waals surface area (Å²) in [5.41, 5.74) is 0.712. The van der Waals surface area contributed by atoms with E-state index < -0.39 is 0 Å². The molecule has 1 atom stereocenters. The van der Waals surface area contributed by atoms with Gasteiger partial charge in [0.2, 0.25) is 0 Å². The van der Waals surface area contributed by atoms with E-state index >= 15 is 0 Å². The van der Waals surface area contributed by atoms with Crippen LogP contribution in [-0.4, -0.2) is 26.3 Å². The first-order valence-electron chi connectivity index (χ1n) is 8.55. The highest BCUT2D eigenvalue weighted by Crippen LogP contribution is 2.24. The Bertz CT molecular complexity index is 850. The Balaban J connectivity index is 1.68. The van der Waals surface area contributed by atoms with E-state index in [0.717, 1.165) is 16.7 Å². The standard InChI is InChI=1S/C20H21N3O2S/c1-3-23-19(15(2)25-17-12-8-5-9-13-17)21-22-20(23)26-14-18(24)16-10-6-4-7-11-16/h4-13,15H,3,14H2,1-2H3/t15-/m0/s1. The van der Waals surface area contributed by atoms with E-state index in [0.29, 0.717) is 17.9 Å². The summed E-state index contributed by atoms with van der Waals surface area (Å²) < 4.78 is 7.95. The second-order valence-corrected chi connectivity index (χ2v) is 6.68. The van der Waals surface area contributed by atoms with Gasteiger partial charge in [0, 0.05) is 12.1 Å². The lowest BCUT2D eigenvalue weighted by Gasteiger charge is -2.15. The normalized spacial score (nSPS) is 11.9. The van der Waals surface area contributed by atoms with Crippen LogP contribution in [0.2, 0.25) is 0 Å². The van der Waals surface area contributed by atoms with Gasteiger partial charge in [-0.3, -0.25) is 4.79 Å². The molecule has 0 N–H and O–H groups in total. The van der Waals surface area contributed by atoms with Crippen LogP contribution in [0, 0.1) is 0 Å². The number of aromatic nitrogens is 3. The van der Waals surface area contributed by atoms with Crippen LogP contribution >= 0.6 is 11.8 Å². The third-order valence-corrected chi connectivity index (χ3v) is 4.88. The minimum Gasteiger partial charge on any atom is -0.483 e. The Morgan fingerprint density at radius 2 is 1.73 bits per heavy atom. The average molecular weight is 367 g/mol. The van der Waals surface area contributed by atoms with Gasteiger partial charge in [0.05, 0.1) is 5.75 Å². The molecule has 6 heteroatoms. The van der Waals surface area contributed by atoms with Gasteiger partial charge < -0.3 is 9.30 Å². The number of Topliss-reactive ketones (excluding diaryl/α,β-unsaturated/α-hetero) is 1. The van der Waals surface area contributed by atoms with Crippen LogP contribution in [0.4, 0.5) is 0 Å². The second kappa shape index (κ2) is 8.67. The zero-order valence-electron chi connectivity index (χ0n) is 14.8. The van der Waals surface area contributed by atoms with Crippen molar-refractivity contribution < 1.29 is 9.53 Å². The average Bonchev–Trinajstić information content (AvgIpc) is 3.10. The fourth-order valence-electron chi connectivity index (χ4n) is 2.60. The first-order chi connectivity index (χ1) is 12.7. The fourth-order valence-corrected chi connectivity index (χ4v) is 3.50. The number of carbonyl (C=O) groups excluding carboxylic acids is 1. The molecule has 0 spiro atoms. The number of hydrogen-bond acceptors (Lipinski definition) is 5. The maximum atomic E-state index is 12.3. The predicted octanol–water partition coefficient (Wildman–Crippen LogP) is 4.41. The monoisotopic (exact) mass is 367 g/mol. The van der Waals surface area contributed by atoms with Crippen LogP contribution in [0.5, 0.6) is 5.75 Å². The molecule has 0 saturated heterocycles. The summed E-state index contributed by atoms with van der Waals surface area (Å²) in [4.78, 5) is 12.3. The van der Waals surface area contributed by atoms with Gasteiger partial charge in [0.15, 0.2) is 22.9 Å². The lowest BCUT2D eigenvalue weighted by Crippen LogP contribution is -2.12. The number of hydrogen-bond donors (Lipinski definition) is 0. The lowest BCUT2D eigenvalue weighted by molar-refractivity contribution is 0.102. The first kappa shape index (κ1) is 18.2. The number of rotatable bonds is 8. The van der Waals surface area contributed by atoms with E-state index in [1.165, 1.54) is 11.8 Å². The van der Waals surface area contributed by atoms with Crippen molar-refractivity contribution in [1.29, 1.82) is 0 Å². The summed E-state index contributed by atoms with van der Waals surface area (Å²) in [6.45, 7) is 4.70. The van der Waals surface area contributed by atoms with Crippen LogP contribution in [0.1, 0.15) is 36.1 Å². The largest absolute Gasteiger partial charge is 0.483 e. The molecule has 1 heterocycles. The van der Waals surface area contributed by atoms with Gasteiger partial charge in [-0.2, -0.15) is 0 Å². The van der Waals surface area contributed by atoms with E-state index in [1.807, 2.05) is 79.1 Å². The number of benzene rings is 2. The Labute approximate surface area is 157 Å². The Kier molecular flexibility index (Phi) is 6.07. The van der Waals surface area contributed by atoms with Crippen LogP contribution in [-0.2, 0) is 6.54 Å². The number of carbonyl (C=O) groups is 1. The molecule has 5 nitrogen and oxygen atoms in total. The molecular formula is C20H21N3O2S. The number of para-hydroxylation sites is 1. The molecule has 0 radical (unpaired) electrons. The number of nitrogens with zero attached hydrogens (tertiary/aromatic N) is 3. The number of ketones is 1. The van der Waals surface area contributed by atoms with Gasteiger partial charge in [-0.1, -0.05) is 60.3 Å². The molecule has 0 saturated carbocycles. The van der Waals surface area contributed by atoms with Crippen molar-refractivity contribution in [3.05, 3.63) is 72.1 Å². The van der Waals surface area contributed by atoms with Crippen molar-refractivity contribution in [3.63, 3.8) is 0 Å². The van der Waals surface area contributed by atoms with Crippen molar-refractivity contribution in [1.82, 2.24) is 14.8 Å². The molecule has 1 aromatic heterocycles. The van der Waals surface area contributed by atoms with Crippen LogP contribution in [0.25, 0.3) is 0 Å². The molecule has 3 rings (SSSR count). The lowest BCUT2D eigenvalue weighted by atomic mass is 10.2. The highest BCUT2D eigenvalue weighted by atomic mass is 32.2. The molecule has 0 bridgehead atoms. The zero-order chi connectivity index (χ0) is 18.4. The van der Waals surface area contributed by atoms with Gasteiger partial charge in [-0.05, 0) is 26.0 Å². The molecule has 3 aromatic rings. The highest BCUT2D eigenvalue weighted by Gasteiger charge is 2.19. The highest BCUT2D eigenvalue weighted by molar-refractivity contribution is 7.99. The van der Waals surface area contributed by atoms with Gasteiger partial charge in [0.25, 0.3) is 0 Å². The maximum Gasteiger partial charge on any atom is 0.191 e. The molecule has 134 valence electrons. The summed E-state index contributed by atoms with van der Waals surface area (Å²) in [6, 6.07) is 18.9. The summed E-state index contributed by atoms with van der Waals surface area (Å²) in [5, 5.41) is 9.28. The number of thioether (sulfide) groups is 1. The summed E-state index contributed by atoms with van der Waals surface area (Å²) in [6.07, 6.45) is -0.232. The van der Waals surface area contributed by atoms with Gasteiger partial charge in [-0.25, -0.2) is 0 Å². The van der Waals surface area contributed by atoms with Crippen LogP contribution in [0.3, 0.4) is 0 Å². The minimum atomic E-state index is -0.232. The molecule has 0 aliphatic carbocycles. The molecule has 0 amide bonds. The van der Waals surface area contributed by atoms with E-state index in [1.54, 1.807) is 0 Å². The summed E-state index contributed by atoms with van der Waals surface area (Å²) in [5.74, 6) is 1.96. The van der Waals surface area contributed by atoms with Crippen molar-refractivity contribution in [2.75, 3.05) is 5.75 Å². The number of ether oxygens (including phenoxy) is 1. The third-order valence-electron chi connectivity index (χ3n) is 3.91. The third kappa shape index (κ3) is 4.32. The minimum absolute atomic E-state index is 0.0800. The van der Waals surface area contributed by atoms with E-state index in [-0.39, 0.29) is 11.9 Å². The van der Waals surface area contributed by atoms with E-state index in [9.17, 15) is 4.79 Å². The molecule has 0 aliphatic rings. The van der Waals surface area contributed by atoms with Crippen molar-refractivity contribution in [2.24, 2.45) is 0 Å². The molecule has 26 heavy (non-hydrogen) atoms. The molecule has 0 fully saturated rings. The smallest absolute Gasteiger partial charge is 0.191 e. The maximum absolute atomic E-state index is 12.3. The topological polar surface area (TPSA) is 57.0 Å². The Morgan fingerprint density at radius 3 is 2.38 bits per heavy atom. The fraction of sp³-hybridized carbons (Fsp3) is 0.250. The van der Waals surface area contributed by atoms with Crippen molar-refractivity contribution in [2.45, 2.75) is 31.7 Å². The van der Waals surface area contributed by atoms with E-state index in [4.69, 9.17) is 4.74 Å². The molecule has 2 aromatic carbocycles. The van der Waals surface area contributed by atoms with E-state index in [2.05, 4.69) is 10.2 Å². The zero-order valence-corrected chi connectivity index (χ0v) is 15.6. The van der Waals surface area contributed by atoms with Gasteiger partial charge in [-0.15, -0.1) is 10.2 Å². The quantitative estimate of drug-likeness (QED) is 0.436. The van der Waals surface area contributed by atoms with Crippen LogP contribution in [0.15, 0.2) is 65.8 Å². The first-order valence-corrected chi connectivity index (χ1v) is 9.53. The molecule has 0 aliphatic heterocycles. The predicted molar refractivity (Wildman–Crippen MR) is 103 cm³/mol. The molecular weight excluding hydrogens is 346 g/mol.